The maximum atomic E-state index is 13.3. The Balaban J connectivity index is 1.79. The molecule has 1 aromatic heterocycles. The van der Waals surface area contributed by atoms with Crippen LogP contribution in [0.3, 0.4) is 0 Å². The van der Waals surface area contributed by atoms with Crippen molar-refractivity contribution in [3.8, 4) is 5.75 Å². The zero-order chi connectivity index (χ0) is 19.7. The van der Waals surface area contributed by atoms with E-state index in [1.807, 2.05) is 43.3 Å². The molecule has 1 aliphatic rings. The second-order valence-corrected chi connectivity index (χ2v) is 7.12. The topological polar surface area (TPSA) is 81.1 Å². The van der Waals surface area contributed by atoms with Crippen LogP contribution >= 0.6 is 15.9 Å². The SMILES string of the molecule is COc1ccccc1NC(=O)C1=C(C)Nc2ncnn2[C@@H]1c1ccccc1Br. The van der Waals surface area contributed by atoms with Crippen LogP contribution in [-0.2, 0) is 4.79 Å². The number of carbonyl (C=O) groups excluding carboxylic acids is 1. The molecule has 2 heterocycles. The van der Waals surface area contributed by atoms with Crippen molar-refractivity contribution in [1.82, 2.24) is 14.8 Å². The fourth-order valence-corrected chi connectivity index (χ4v) is 3.81. The summed E-state index contributed by atoms with van der Waals surface area (Å²) in [5, 5.41) is 10.5. The van der Waals surface area contributed by atoms with Crippen molar-refractivity contribution in [3.63, 3.8) is 0 Å². The fraction of sp³-hybridized carbons (Fsp3) is 0.150. The number of hydrogen-bond donors (Lipinski definition) is 2. The van der Waals surface area contributed by atoms with Gasteiger partial charge in [0, 0.05) is 10.2 Å². The minimum absolute atomic E-state index is 0.239. The summed E-state index contributed by atoms with van der Waals surface area (Å²) in [6.07, 6.45) is 1.47. The highest BCUT2D eigenvalue weighted by molar-refractivity contribution is 9.10. The number of amides is 1. The third kappa shape index (κ3) is 3.16. The van der Waals surface area contributed by atoms with Crippen LogP contribution in [0.5, 0.6) is 5.75 Å². The van der Waals surface area contributed by atoms with E-state index in [2.05, 4.69) is 36.6 Å². The van der Waals surface area contributed by atoms with E-state index in [-0.39, 0.29) is 5.91 Å². The number of para-hydroxylation sites is 2. The highest BCUT2D eigenvalue weighted by Gasteiger charge is 2.34. The molecule has 3 aromatic rings. The van der Waals surface area contributed by atoms with Gasteiger partial charge in [0.15, 0.2) is 0 Å². The summed E-state index contributed by atoms with van der Waals surface area (Å²) in [4.78, 5) is 17.6. The molecule has 142 valence electrons. The number of anilines is 2. The average Bonchev–Trinajstić information content (AvgIpc) is 3.16. The number of nitrogens with one attached hydrogen (secondary N) is 2. The van der Waals surface area contributed by atoms with Crippen LogP contribution in [0.4, 0.5) is 11.6 Å². The maximum absolute atomic E-state index is 13.3. The summed E-state index contributed by atoms with van der Waals surface area (Å²) < 4.78 is 7.95. The van der Waals surface area contributed by atoms with E-state index >= 15 is 0 Å². The van der Waals surface area contributed by atoms with Gasteiger partial charge >= 0.3 is 0 Å². The van der Waals surface area contributed by atoms with Crippen molar-refractivity contribution in [1.29, 1.82) is 0 Å². The Hall–Kier alpha value is -3.13. The van der Waals surface area contributed by atoms with Gasteiger partial charge in [-0.25, -0.2) is 4.68 Å². The molecule has 4 rings (SSSR count). The minimum Gasteiger partial charge on any atom is -0.495 e. The lowest BCUT2D eigenvalue weighted by Crippen LogP contribution is -2.31. The van der Waals surface area contributed by atoms with Crippen molar-refractivity contribution < 1.29 is 9.53 Å². The summed E-state index contributed by atoms with van der Waals surface area (Å²) >= 11 is 3.60. The molecule has 0 fully saturated rings. The molecule has 0 unspecified atom stereocenters. The predicted octanol–water partition coefficient (Wildman–Crippen LogP) is 3.98. The predicted molar refractivity (Wildman–Crippen MR) is 110 cm³/mol. The van der Waals surface area contributed by atoms with Crippen LogP contribution in [0.15, 0.2) is 70.6 Å². The third-order valence-electron chi connectivity index (χ3n) is 4.59. The van der Waals surface area contributed by atoms with Crippen molar-refractivity contribution >= 4 is 33.5 Å². The number of hydrogen-bond acceptors (Lipinski definition) is 5. The lowest BCUT2D eigenvalue weighted by atomic mass is 9.95. The first-order chi connectivity index (χ1) is 13.6. The maximum Gasteiger partial charge on any atom is 0.255 e. The molecular weight excluding hydrogens is 422 g/mol. The number of carbonyl (C=O) groups is 1. The Morgan fingerprint density at radius 3 is 2.75 bits per heavy atom. The minimum atomic E-state index is -0.427. The molecule has 0 spiro atoms. The average molecular weight is 440 g/mol. The first-order valence-corrected chi connectivity index (χ1v) is 9.45. The van der Waals surface area contributed by atoms with E-state index in [1.165, 1.54) is 6.33 Å². The molecule has 0 bridgehead atoms. The normalized spacial score (nSPS) is 15.6. The van der Waals surface area contributed by atoms with Gasteiger partial charge in [-0.3, -0.25) is 4.79 Å². The summed E-state index contributed by atoms with van der Waals surface area (Å²) in [7, 11) is 1.57. The molecule has 28 heavy (non-hydrogen) atoms. The number of aromatic nitrogens is 3. The lowest BCUT2D eigenvalue weighted by Gasteiger charge is -2.29. The van der Waals surface area contributed by atoms with Gasteiger partial charge in [0.25, 0.3) is 5.91 Å². The molecule has 1 amide bonds. The van der Waals surface area contributed by atoms with E-state index < -0.39 is 6.04 Å². The Morgan fingerprint density at radius 1 is 1.21 bits per heavy atom. The van der Waals surface area contributed by atoms with Gasteiger partial charge in [0.2, 0.25) is 5.95 Å². The van der Waals surface area contributed by atoms with E-state index in [1.54, 1.807) is 23.9 Å². The molecule has 0 saturated heterocycles. The second-order valence-electron chi connectivity index (χ2n) is 6.27. The molecule has 1 atom stereocenters. The largest absolute Gasteiger partial charge is 0.495 e. The highest BCUT2D eigenvalue weighted by Crippen LogP contribution is 2.38. The van der Waals surface area contributed by atoms with Gasteiger partial charge in [-0.15, -0.1) is 0 Å². The first-order valence-electron chi connectivity index (χ1n) is 8.66. The molecule has 2 N–H and O–H groups in total. The molecule has 0 aliphatic carbocycles. The smallest absolute Gasteiger partial charge is 0.255 e. The van der Waals surface area contributed by atoms with E-state index in [9.17, 15) is 4.79 Å². The van der Waals surface area contributed by atoms with Gasteiger partial charge in [-0.2, -0.15) is 10.1 Å². The molecule has 2 aromatic carbocycles. The standard InChI is InChI=1S/C20H18BrN5O2/c1-12-17(19(27)25-15-9-5-6-10-16(15)28-2)18(13-7-3-4-8-14(13)21)26-20(24-12)22-11-23-26/h3-11,18H,1-2H3,(H,25,27)(H,22,23,24)/t18-/m1/s1. The van der Waals surface area contributed by atoms with Crippen molar-refractivity contribution in [2.45, 2.75) is 13.0 Å². The van der Waals surface area contributed by atoms with Crippen molar-refractivity contribution in [3.05, 3.63) is 76.2 Å². The van der Waals surface area contributed by atoms with Crippen LogP contribution in [0, 0.1) is 0 Å². The Labute approximate surface area is 170 Å². The number of rotatable bonds is 4. The van der Waals surface area contributed by atoms with Crippen LogP contribution in [0.25, 0.3) is 0 Å². The number of methoxy groups -OCH3 is 1. The summed E-state index contributed by atoms with van der Waals surface area (Å²) in [5.74, 6) is 0.945. The molecule has 0 saturated carbocycles. The molecule has 8 heteroatoms. The summed E-state index contributed by atoms with van der Waals surface area (Å²) in [6, 6.07) is 14.7. The summed E-state index contributed by atoms with van der Waals surface area (Å²) in [5.41, 5.74) is 2.79. The van der Waals surface area contributed by atoms with Crippen LogP contribution in [-0.4, -0.2) is 27.8 Å². The van der Waals surface area contributed by atoms with E-state index in [0.29, 0.717) is 28.7 Å². The van der Waals surface area contributed by atoms with Gasteiger partial charge in [-0.1, -0.05) is 46.3 Å². The molecule has 1 aliphatic heterocycles. The third-order valence-corrected chi connectivity index (χ3v) is 5.32. The van der Waals surface area contributed by atoms with Crippen molar-refractivity contribution in [2.24, 2.45) is 0 Å². The number of allylic oxidation sites excluding steroid dienone is 1. The Kier molecular flexibility index (Phi) is 4.87. The molecule has 7 nitrogen and oxygen atoms in total. The monoisotopic (exact) mass is 439 g/mol. The Morgan fingerprint density at radius 2 is 1.96 bits per heavy atom. The van der Waals surface area contributed by atoms with Crippen molar-refractivity contribution in [2.75, 3.05) is 17.7 Å². The fourth-order valence-electron chi connectivity index (χ4n) is 3.31. The second kappa shape index (κ2) is 7.47. The van der Waals surface area contributed by atoms with Crippen LogP contribution in [0.1, 0.15) is 18.5 Å². The van der Waals surface area contributed by atoms with Gasteiger partial charge < -0.3 is 15.4 Å². The molecular formula is C20H18BrN5O2. The van der Waals surface area contributed by atoms with Gasteiger partial charge in [-0.05, 0) is 30.7 Å². The van der Waals surface area contributed by atoms with Crippen LogP contribution in [0.2, 0.25) is 0 Å². The highest BCUT2D eigenvalue weighted by atomic mass is 79.9. The van der Waals surface area contributed by atoms with Gasteiger partial charge in [0.1, 0.15) is 18.1 Å². The quantitative estimate of drug-likeness (QED) is 0.642. The lowest BCUT2D eigenvalue weighted by molar-refractivity contribution is -0.113. The van der Waals surface area contributed by atoms with E-state index in [4.69, 9.17) is 4.74 Å². The number of benzene rings is 2. The number of fused-ring (bicyclic) bond motifs is 1. The summed E-state index contributed by atoms with van der Waals surface area (Å²) in [6.45, 7) is 1.86. The zero-order valence-corrected chi connectivity index (χ0v) is 16.9. The zero-order valence-electron chi connectivity index (χ0n) is 15.3. The number of halogens is 1. The number of ether oxygens (including phenoxy) is 1. The van der Waals surface area contributed by atoms with Crippen LogP contribution < -0.4 is 15.4 Å². The molecule has 0 radical (unpaired) electrons. The van der Waals surface area contributed by atoms with Gasteiger partial charge in [0.05, 0.1) is 18.4 Å². The first kappa shape index (κ1) is 18.2. The number of nitrogens with zero attached hydrogens (tertiary/aromatic N) is 3. The Bertz CT molecular complexity index is 1080. The van der Waals surface area contributed by atoms with E-state index in [0.717, 1.165) is 10.0 Å².